The zero-order valence-corrected chi connectivity index (χ0v) is 12.9. The first-order chi connectivity index (χ1) is 10.6. The van der Waals surface area contributed by atoms with E-state index >= 15 is 0 Å². The minimum Gasteiger partial charge on any atom is -0.399 e. The number of nitrogens with zero attached hydrogens (tertiary/aromatic N) is 1. The molecule has 116 valence electrons. The number of benzene rings is 2. The van der Waals surface area contributed by atoms with E-state index in [1.807, 2.05) is 18.2 Å². The Morgan fingerprint density at radius 3 is 2.91 bits per heavy atom. The summed E-state index contributed by atoms with van der Waals surface area (Å²) in [6.45, 7) is 3.07. The molecule has 0 amide bonds. The highest BCUT2D eigenvalue weighted by molar-refractivity contribution is 6.30. The van der Waals surface area contributed by atoms with Crippen molar-refractivity contribution in [2.24, 2.45) is 0 Å². The molecule has 0 aromatic heterocycles. The van der Waals surface area contributed by atoms with Crippen molar-refractivity contribution >= 4 is 17.3 Å². The molecule has 1 heterocycles. The van der Waals surface area contributed by atoms with Gasteiger partial charge in [-0.1, -0.05) is 29.8 Å². The van der Waals surface area contributed by atoms with Crippen LogP contribution in [0.25, 0.3) is 0 Å². The Bertz CT molecular complexity index is 665. The normalized spacial score (nSPS) is 19.3. The van der Waals surface area contributed by atoms with Crippen molar-refractivity contribution in [2.45, 2.75) is 12.6 Å². The summed E-state index contributed by atoms with van der Waals surface area (Å²) in [5, 5.41) is 0.133. The smallest absolute Gasteiger partial charge is 0.141 e. The molecule has 3 rings (SSSR count). The summed E-state index contributed by atoms with van der Waals surface area (Å²) >= 11 is 5.86. The van der Waals surface area contributed by atoms with E-state index in [2.05, 4.69) is 11.0 Å². The fraction of sp³-hybridized carbons (Fsp3) is 0.294. The summed E-state index contributed by atoms with van der Waals surface area (Å²) in [5.74, 6) is -0.405. The quantitative estimate of drug-likeness (QED) is 0.878. The van der Waals surface area contributed by atoms with E-state index in [-0.39, 0.29) is 11.1 Å². The molecule has 1 saturated heterocycles. The Morgan fingerprint density at radius 1 is 1.27 bits per heavy atom. The van der Waals surface area contributed by atoms with Crippen molar-refractivity contribution < 1.29 is 9.13 Å². The van der Waals surface area contributed by atoms with Gasteiger partial charge in [0.15, 0.2) is 0 Å². The molecule has 0 saturated carbocycles. The minimum absolute atomic E-state index is 0.0899. The van der Waals surface area contributed by atoms with Gasteiger partial charge in [-0.05, 0) is 35.4 Å². The van der Waals surface area contributed by atoms with Gasteiger partial charge in [-0.3, -0.25) is 4.90 Å². The number of anilines is 1. The van der Waals surface area contributed by atoms with Gasteiger partial charge in [-0.25, -0.2) is 4.39 Å². The summed E-state index contributed by atoms with van der Waals surface area (Å²) in [7, 11) is 0. The molecule has 0 radical (unpaired) electrons. The molecule has 0 aliphatic carbocycles. The Balaban J connectivity index is 1.69. The molecule has 5 heteroatoms. The van der Waals surface area contributed by atoms with Crippen LogP contribution < -0.4 is 5.73 Å². The first-order valence-electron chi connectivity index (χ1n) is 7.25. The lowest BCUT2D eigenvalue weighted by atomic mass is 10.1. The molecule has 22 heavy (non-hydrogen) atoms. The van der Waals surface area contributed by atoms with Crippen molar-refractivity contribution in [1.82, 2.24) is 4.90 Å². The molecule has 1 fully saturated rings. The Labute approximate surface area is 134 Å². The fourth-order valence-corrected chi connectivity index (χ4v) is 2.90. The van der Waals surface area contributed by atoms with Crippen LogP contribution in [0, 0.1) is 5.82 Å². The summed E-state index contributed by atoms with van der Waals surface area (Å²) in [4.78, 5) is 2.31. The van der Waals surface area contributed by atoms with Crippen LogP contribution in [0.3, 0.4) is 0 Å². The zero-order valence-electron chi connectivity index (χ0n) is 12.1. The molecule has 2 aromatic carbocycles. The molecule has 1 unspecified atom stereocenters. The van der Waals surface area contributed by atoms with Crippen LogP contribution in [0.2, 0.25) is 5.02 Å². The van der Waals surface area contributed by atoms with Crippen molar-refractivity contribution in [3.05, 3.63) is 64.4 Å². The van der Waals surface area contributed by atoms with Crippen LogP contribution in [0.4, 0.5) is 10.1 Å². The fourth-order valence-electron chi connectivity index (χ4n) is 2.71. The number of ether oxygens (including phenoxy) is 1. The van der Waals surface area contributed by atoms with Crippen molar-refractivity contribution in [3.8, 4) is 0 Å². The predicted molar refractivity (Wildman–Crippen MR) is 86.2 cm³/mol. The van der Waals surface area contributed by atoms with Gasteiger partial charge < -0.3 is 10.5 Å². The van der Waals surface area contributed by atoms with Gasteiger partial charge in [0.1, 0.15) is 5.82 Å². The second kappa shape index (κ2) is 6.65. The average Bonchev–Trinajstić information content (AvgIpc) is 2.50. The Morgan fingerprint density at radius 2 is 2.14 bits per heavy atom. The topological polar surface area (TPSA) is 38.5 Å². The third kappa shape index (κ3) is 3.58. The highest BCUT2D eigenvalue weighted by Crippen LogP contribution is 2.27. The van der Waals surface area contributed by atoms with Gasteiger partial charge in [0.05, 0.1) is 17.7 Å². The average molecular weight is 321 g/mol. The number of hydrogen-bond acceptors (Lipinski definition) is 3. The Hall–Kier alpha value is -1.62. The molecular weight excluding hydrogens is 303 g/mol. The Kier molecular flexibility index (Phi) is 4.62. The van der Waals surface area contributed by atoms with Crippen LogP contribution in [0.1, 0.15) is 17.2 Å². The molecule has 1 aliphatic rings. The van der Waals surface area contributed by atoms with Crippen LogP contribution in [-0.4, -0.2) is 24.6 Å². The predicted octanol–water partition coefficient (Wildman–Crippen LogP) is 3.63. The number of hydrogen-bond donors (Lipinski definition) is 1. The van der Waals surface area contributed by atoms with Gasteiger partial charge in [0.25, 0.3) is 0 Å². The van der Waals surface area contributed by atoms with Crippen LogP contribution in [-0.2, 0) is 11.3 Å². The molecule has 0 bridgehead atoms. The van der Waals surface area contributed by atoms with E-state index < -0.39 is 5.82 Å². The second-order valence-corrected chi connectivity index (χ2v) is 5.92. The molecule has 0 spiro atoms. The van der Waals surface area contributed by atoms with Gasteiger partial charge in [-0.15, -0.1) is 0 Å². The molecule has 2 N–H and O–H groups in total. The van der Waals surface area contributed by atoms with E-state index in [0.29, 0.717) is 6.61 Å². The minimum atomic E-state index is -0.405. The van der Waals surface area contributed by atoms with Crippen LogP contribution in [0.15, 0.2) is 42.5 Å². The molecule has 2 aromatic rings. The lowest BCUT2D eigenvalue weighted by molar-refractivity contribution is -0.0329. The summed E-state index contributed by atoms with van der Waals surface area (Å²) in [5.41, 5.74) is 8.68. The van der Waals surface area contributed by atoms with Gasteiger partial charge in [0, 0.05) is 25.3 Å². The second-order valence-electron chi connectivity index (χ2n) is 5.51. The van der Waals surface area contributed by atoms with Crippen LogP contribution in [0.5, 0.6) is 0 Å². The number of morpholine rings is 1. The van der Waals surface area contributed by atoms with E-state index in [1.165, 1.54) is 11.6 Å². The van der Waals surface area contributed by atoms with Crippen molar-refractivity contribution in [2.75, 3.05) is 25.4 Å². The maximum absolute atomic E-state index is 13.3. The number of rotatable bonds is 3. The largest absolute Gasteiger partial charge is 0.399 e. The van der Waals surface area contributed by atoms with Gasteiger partial charge >= 0.3 is 0 Å². The van der Waals surface area contributed by atoms with E-state index in [9.17, 15) is 4.39 Å². The van der Waals surface area contributed by atoms with E-state index in [1.54, 1.807) is 12.1 Å². The number of nitrogens with two attached hydrogens (primary N) is 1. The molecular formula is C17H18ClFN2O. The SMILES string of the molecule is Nc1cccc(CN2CCOC(c3ccc(F)c(Cl)c3)C2)c1. The number of halogens is 2. The lowest BCUT2D eigenvalue weighted by Gasteiger charge is -2.33. The van der Waals surface area contributed by atoms with E-state index in [0.717, 1.165) is 30.9 Å². The monoisotopic (exact) mass is 320 g/mol. The highest BCUT2D eigenvalue weighted by atomic mass is 35.5. The van der Waals surface area contributed by atoms with Gasteiger partial charge in [0.2, 0.25) is 0 Å². The van der Waals surface area contributed by atoms with Gasteiger partial charge in [-0.2, -0.15) is 0 Å². The first kappa shape index (κ1) is 15.3. The molecule has 3 nitrogen and oxygen atoms in total. The third-order valence-electron chi connectivity index (χ3n) is 3.82. The highest BCUT2D eigenvalue weighted by Gasteiger charge is 2.22. The van der Waals surface area contributed by atoms with E-state index in [4.69, 9.17) is 22.1 Å². The maximum atomic E-state index is 13.3. The summed E-state index contributed by atoms with van der Waals surface area (Å²) in [6, 6.07) is 12.7. The van der Waals surface area contributed by atoms with Crippen molar-refractivity contribution in [3.63, 3.8) is 0 Å². The zero-order chi connectivity index (χ0) is 15.5. The third-order valence-corrected chi connectivity index (χ3v) is 4.11. The summed E-state index contributed by atoms with van der Waals surface area (Å²) in [6.07, 6.45) is -0.0899. The maximum Gasteiger partial charge on any atom is 0.141 e. The first-order valence-corrected chi connectivity index (χ1v) is 7.63. The number of nitrogen functional groups attached to an aromatic ring is 1. The summed E-state index contributed by atoms with van der Waals surface area (Å²) < 4.78 is 19.1. The standard InChI is InChI=1S/C17H18ClFN2O/c18-15-9-13(4-5-16(15)19)17-11-21(6-7-22-17)10-12-2-1-3-14(20)8-12/h1-5,8-9,17H,6-7,10-11,20H2. The molecule has 1 atom stereocenters. The van der Waals surface area contributed by atoms with Crippen LogP contribution >= 0.6 is 11.6 Å². The molecule has 1 aliphatic heterocycles. The lowest BCUT2D eigenvalue weighted by Crippen LogP contribution is -2.37. The van der Waals surface area contributed by atoms with Crippen molar-refractivity contribution in [1.29, 1.82) is 0 Å².